The SMILES string of the molecule is COC(=O)C(C)NP(=O)(O)OC[C@H]1SC(n2ccc(N)nc2=O)[C@@H](F)[C@@H]1O. The van der Waals surface area contributed by atoms with Gasteiger partial charge in [-0.05, 0) is 13.0 Å². The second-order valence-corrected chi connectivity index (χ2v) is 8.65. The lowest BCUT2D eigenvalue weighted by Crippen LogP contribution is -2.35. The van der Waals surface area contributed by atoms with E-state index < -0.39 is 55.0 Å². The number of aliphatic hydroxyl groups is 1. The molecule has 152 valence electrons. The molecule has 3 unspecified atom stereocenters. The normalized spacial score (nSPS) is 28.5. The molecule has 2 heterocycles. The number of carbonyl (C=O) groups is 1. The molecule has 1 fully saturated rings. The van der Waals surface area contributed by atoms with Gasteiger partial charge in [0.15, 0.2) is 6.17 Å². The van der Waals surface area contributed by atoms with Gasteiger partial charge in [-0.25, -0.2) is 18.8 Å². The summed E-state index contributed by atoms with van der Waals surface area (Å²) >= 11 is 0.851. The van der Waals surface area contributed by atoms with Gasteiger partial charge in [0.25, 0.3) is 0 Å². The molecule has 11 nitrogen and oxygen atoms in total. The van der Waals surface area contributed by atoms with Gasteiger partial charge in [0.2, 0.25) is 0 Å². The van der Waals surface area contributed by atoms with E-state index in [9.17, 15) is 28.5 Å². The number of hydrogen-bond donors (Lipinski definition) is 4. The fourth-order valence-electron chi connectivity index (χ4n) is 2.37. The lowest BCUT2D eigenvalue weighted by molar-refractivity contribution is -0.142. The summed E-state index contributed by atoms with van der Waals surface area (Å²) in [5.41, 5.74) is 4.60. The molecule has 0 aromatic carbocycles. The maximum atomic E-state index is 14.4. The highest BCUT2D eigenvalue weighted by Gasteiger charge is 2.46. The average Bonchev–Trinajstić information content (AvgIpc) is 2.87. The Morgan fingerprint density at radius 2 is 2.30 bits per heavy atom. The number of nitrogens with one attached hydrogen (secondary N) is 1. The smallest absolute Gasteiger partial charge is 0.403 e. The zero-order valence-electron chi connectivity index (χ0n) is 14.4. The van der Waals surface area contributed by atoms with Gasteiger partial charge in [0.05, 0.1) is 19.0 Å². The van der Waals surface area contributed by atoms with Gasteiger partial charge in [0, 0.05) is 6.20 Å². The van der Waals surface area contributed by atoms with E-state index in [2.05, 4.69) is 14.8 Å². The Kier molecular flexibility index (Phi) is 7.00. The molecule has 1 aromatic heterocycles. The highest BCUT2D eigenvalue weighted by molar-refractivity contribution is 8.00. The number of nitrogens with zero attached hydrogens (tertiary/aromatic N) is 2. The molecule has 0 saturated carbocycles. The lowest BCUT2D eigenvalue weighted by atomic mass is 10.1. The zero-order chi connectivity index (χ0) is 20.4. The van der Waals surface area contributed by atoms with Crippen LogP contribution in [0.15, 0.2) is 17.1 Å². The van der Waals surface area contributed by atoms with Gasteiger partial charge in [-0.2, -0.15) is 4.98 Å². The summed E-state index contributed by atoms with van der Waals surface area (Å²) in [7, 11) is -3.30. The van der Waals surface area contributed by atoms with Crippen LogP contribution in [-0.2, 0) is 18.6 Å². The molecule has 1 aliphatic heterocycles. The summed E-state index contributed by atoms with van der Waals surface area (Å²) < 4.78 is 36.7. The minimum absolute atomic E-state index is 0.0258. The molecule has 5 N–H and O–H groups in total. The van der Waals surface area contributed by atoms with E-state index in [-0.39, 0.29) is 5.82 Å². The Morgan fingerprint density at radius 1 is 1.63 bits per heavy atom. The molecule has 1 saturated heterocycles. The van der Waals surface area contributed by atoms with Crippen LogP contribution in [0.4, 0.5) is 10.2 Å². The Labute approximate surface area is 157 Å². The minimum Gasteiger partial charge on any atom is -0.468 e. The molecule has 27 heavy (non-hydrogen) atoms. The Balaban J connectivity index is 2.02. The van der Waals surface area contributed by atoms with Crippen molar-refractivity contribution in [2.45, 2.75) is 35.9 Å². The number of hydrogen-bond acceptors (Lipinski definition) is 9. The van der Waals surface area contributed by atoms with E-state index in [1.54, 1.807) is 0 Å². The summed E-state index contributed by atoms with van der Waals surface area (Å²) in [6.45, 7) is 0.792. The predicted molar refractivity (Wildman–Crippen MR) is 94.6 cm³/mol. The molecule has 0 aliphatic carbocycles. The molecule has 0 bridgehead atoms. The first kappa shape index (κ1) is 21.8. The number of halogens is 1. The number of rotatable bonds is 7. The monoisotopic (exact) mass is 426 g/mol. The fourth-order valence-corrected chi connectivity index (χ4v) is 4.92. The first-order chi connectivity index (χ1) is 12.6. The van der Waals surface area contributed by atoms with Crippen molar-refractivity contribution in [2.75, 3.05) is 19.5 Å². The standard InChI is InChI=1S/C13H20FN4O7PS/c1-6(12(20)24-2)17-26(22,23)25-5-7-10(19)9(14)11(27-7)18-4-3-8(15)16-13(18)21/h3-4,6-7,9-11,19H,5H2,1-2H3,(H2,15,16,21)(H2,17,22,23)/t6?,7-,9+,10-,11?/m1/s1. The number of methoxy groups -OCH3 is 1. The van der Waals surface area contributed by atoms with Crippen LogP contribution in [0.2, 0.25) is 0 Å². The Morgan fingerprint density at radius 3 is 2.89 bits per heavy atom. The number of nitrogen functional groups attached to an aromatic ring is 1. The number of carbonyl (C=O) groups excluding carboxylic acids is 1. The number of aliphatic hydroxyl groups excluding tert-OH is 1. The molecule has 0 spiro atoms. The average molecular weight is 426 g/mol. The second-order valence-electron chi connectivity index (χ2n) is 5.73. The van der Waals surface area contributed by atoms with Crippen molar-refractivity contribution in [3.8, 4) is 0 Å². The highest BCUT2D eigenvalue weighted by atomic mass is 32.2. The van der Waals surface area contributed by atoms with Crippen molar-refractivity contribution >= 4 is 31.3 Å². The summed E-state index contributed by atoms with van der Waals surface area (Å²) in [4.78, 5) is 36.4. The topological polar surface area (TPSA) is 166 Å². The van der Waals surface area contributed by atoms with Crippen LogP contribution in [-0.4, -0.2) is 62.8 Å². The van der Waals surface area contributed by atoms with E-state index in [0.29, 0.717) is 0 Å². The molecule has 1 aliphatic rings. The molecule has 14 heteroatoms. The lowest BCUT2D eigenvalue weighted by Gasteiger charge is -2.20. The first-order valence-electron chi connectivity index (χ1n) is 7.71. The van der Waals surface area contributed by atoms with Crippen molar-refractivity contribution < 1.29 is 33.0 Å². The van der Waals surface area contributed by atoms with Crippen LogP contribution in [0.5, 0.6) is 0 Å². The number of nitrogens with two attached hydrogens (primary N) is 1. The number of esters is 1. The largest absolute Gasteiger partial charge is 0.468 e. The van der Waals surface area contributed by atoms with Crippen LogP contribution in [0.1, 0.15) is 12.3 Å². The molecule has 0 radical (unpaired) electrons. The number of aromatic nitrogens is 2. The third kappa shape index (κ3) is 5.27. The van der Waals surface area contributed by atoms with Crippen LogP contribution in [0, 0.1) is 0 Å². The van der Waals surface area contributed by atoms with E-state index in [4.69, 9.17) is 10.3 Å². The first-order valence-corrected chi connectivity index (χ1v) is 10.2. The van der Waals surface area contributed by atoms with Crippen molar-refractivity contribution in [3.63, 3.8) is 0 Å². The maximum Gasteiger partial charge on any atom is 0.403 e. The quantitative estimate of drug-likeness (QED) is 0.325. The van der Waals surface area contributed by atoms with Crippen LogP contribution < -0.4 is 16.5 Å². The van der Waals surface area contributed by atoms with Crippen molar-refractivity contribution in [1.29, 1.82) is 0 Å². The van der Waals surface area contributed by atoms with Gasteiger partial charge in [-0.1, -0.05) is 0 Å². The highest BCUT2D eigenvalue weighted by Crippen LogP contribution is 2.46. The van der Waals surface area contributed by atoms with Gasteiger partial charge >= 0.3 is 19.4 Å². The van der Waals surface area contributed by atoms with Gasteiger partial charge < -0.3 is 20.5 Å². The number of alkyl halides is 1. The Hall–Kier alpha value is -1.50. The van der Waals surface area contributed by atoms with Gasteiger partial charge in [-0.3, -0.25) is 13.9 Å². The van der Waals surface area contributed by atoms with Crippen LogP contribution >= 0.6 is 19.5 Å². The van der Waals surface area contributed by atoms with Gasteiger partial charge in [0.1, 0.15) is 23.3 Å². The minimum atomic E-state index is -4.42. The molecule has 0 amide bonds. The summed E-state index contributed by atoms with van der Waals surface area (Å²) in [5.74, 6) is -0.802. The molecular weight excluding hydrogens is 406 g/mol. The molecule has 6 atom stereocenters. The second kappa shape index (κ2) is 8.67. The van der Waals surface area contributed by atoms with Crippen molar-refractivity contribution in [1.82, 2.24) is 14.6 Å². The number of anilines is 1. The molecular formula is C13H20FN4O7PS. The summed E-state index contributed by atoms with van der Waals surface area (Å²) in [5, 5.41) is 10.1. The number of thioether (sulfide) groups is 1. The predicted octanol–water partition coefficient (Wildman–Crippen LogP) is -0.593. The van der Waals surface area contributed by atoms with Crippen LogP contribution in [0.25, 0.3) is 0 Å². The van der Waals surface area contributed by atoms with E-state index >= 15 is 0 Å². The van der Waals surface area contributed by atoms with Gasteiger partial charge in [-0.15, -0.1) is 11.8 Å². The van der Waals surface area contributed by atoms with Crippen molar-refractivity contribution in [3.05, 3.63) is 22.7 Å². The third-order valence-corrected chi connectivity index (χ3v) is 6.49. The summed E-state index contributed by atoms with van der Waals surface area (Å²) in [6.07, 6.45) is -2.14. The Bertz CT molecular complexity index is 796. The van der Waals surface area contributed by atoms with Crippen molar-refractivity contribution in [2.24, 2.45) is 0 Å². The van der Waals surface area contributed by atoms with Crippen LogP contribution in [0.3, 0.4) is 0 Å². The molecule has 2 rings (SSSR count). The molecule has 1 aromatic rings. The van der Waals surface area contributed by atoms with E-state index in [1.165, 1.54) is 19.2 Å². The fraction of sp³-hybridized carbons (Fsp3) is 0.615. The third-order valence-electron chi connectivity index (χ3n) is 3.74. The summed E-state index contributed by atoms with van der Waals surface area (Å²) in [6, 6.07) is 0.193. The van der Waals surface area contributed by atoms with E-state index in [1.807, 2.05) is 0 Å². The maximum absolute atomic E-state index is 14.4. The zero-order valence-corrected chi connectivity index (χ0v) is 16.1. The van der Waals surface area contributed by atoms with E-state index in [0.717, 1.165) is 23.4 Å². The number of ether oxygens (including phenoxy) is 1.